The van der Waals surface area contributed by atoms with Gasteiger partial charge in [0, 0.05) is 26.7 Å². The summed E-state index contributed by atoms with van der Waals surface area (Å²) in [6, 6.07) is 6.42. The predicted molar refractivity (Wildman–Crippen MR) is 97.6 cm³/mol. The van der Waals surface area contributed by atoms with E-state index >= 15 is 0 Å². The fourth-order valence-corrected chi connectivity index (χ4v) is 2.33. The molecule has 0 bridgehead atoms. The lowest BCUT2D eigenvalue weighted by atomic mass is 10.2. The van der Waals surface area contributed by atoms with E-state index < -0.39 is 23.3 Å². The van der Waals surface area contributed by atoms with E-state index in [0.717, 1.165) is 16.4 Å². The van der Waals surface area contributed by atoms with Crippen LogP contribution in [0.25, 0.3) is 5.69 Å². The Kier molecular flexibility index (Phi) is 8.74. The Balaban J connectivity index is 0.00000364. The Morgan fingerprint density at radius 3 is 2.44 bits per heavy atom. The molecule has 0 aliphatic heterocycles. The molecule has 2 N–H and O–H groups in total. The molecule has 2 rings (SSSR count). The van der Waals surface area contributed by atoms with Gasteiger partial charge in [0.15, 0.2) is 5.69 Å². The quantitative estimate of drug-likeness (QED) is 0.661. The molecule has 0 atom stereocenters. The van der Waals surface area contributed by atoms with Crippen LogP contribution < -0.4 is 10.6 Å². The third-order valence-corrected chi connectivity index (χ3v) is 3.63. The highest BCUT2D eigenvalue weighted by atomic mass is 35.5. The number of hydrogen-bond acceptors (Lipinski definition) is 4. The Morgan fingerprint density at radius 1 is 1.19 bits per heavy atom. The number of carbonyl (C=O) groups excluding carboxylic acids is 1. The van der Waals surface area contributed by atoms with Crippen LogP contribution in [0, 0.1) is 6.92 Å². The van der Waals surface area contributed by atoms with Crippen molar-refractivity contribution in [3.8, 4) is 5.69 Å². The molecule has 1 aromatic heterocycles. The number of aromatic nitrogens is 2. The summed E-state index contributed by atoms with van der Waals surface area (Å²) in [7, 11) is 1.56. The van der Waals surface area contributed by atoms with Crippen molar-refractivity contribution in [2.75, 3.05) is 33.4 Å². The maximum absolute atomic E-state index is 13.5. The van der Waals surface area contributed by atoms with Crippen molar-refractivity contribution < 1.29 is 22.7 Å². The zero-order valence-corrected chi connectivity index (χ0v) is 15.8. The Hall–Kier alpha value is -2.10. The van der Waals surface area contributed by atoms with E-state index in [1.54, 1.807) is 19.2 Å². The van der Waals surface area contributed by atoms with Crippen molar-refractivity contribution in [3.63, 3.8) is 0 Å². The normalized spacial score (nSPS) is 11.1. The average molecular weight is 407 g/mol. The van der Waals surface area contributed by atoms with E-state index in [9.17, 15) is 18.0 Å². The highest BCUT2D eigenvalue weighted by molar-refractivity contribution is 5.95. The van der Waals surface area contributed by atoms with Crippen LogP contribution in [0.2, 0.25) is 0 Å². The van der Waals surface area contributed by atoms with E-state index in [0.29, 0.717) is 19.7 Å². The van der Waals surface area contributed by atoms with Crippen LogP contribution in [0.4, 0.5) is 13.2 Å². The van der Waals surface area contributed by atoms with Gasteiger partial charge in [-0.05, 0) is 19.1 Å². The summed E-state index contributed by atoms with van der Waals surface area (Å²) in [5.41, 5.74) is -0.447. The number of nitrogens with zero attached hydrogens (tertiary/aromatic N) is 2. The molecule has 0 aliphatic carbocycles. The van der Waals surface area contributed by atoms with E-state index in [2.05, 4.69) is 15.7 Å². The molecule has 1 heterocycles. The Morgan fingerprint density at radius 2 is 1.85 bits per heavy atom. The van der Waals surface area contributed by atoms with Crippen LogP contribution in [0.15, 0.2) is 30.5 Å². The molecular weight excluding hydrogens is 385 g/mol. The van der Waals surface area contributed by atoms with Crippen LogP contribution in [-0.2, 0) is 10.9 Å². The minimum absolute atomic E-state index is 0. The molecule has 0 spiro atoms. The third kappa shape index (κ3) is 6.23. The SMILES string of the molecule is COCCNCCNC(=O)c1cnn(-c2ccc(C)cc2)c1C(F)(F)F.Cl. The Labute approximate surface area is 161 Å². The first-order chi connectivity index (χ1) is 12.3. The van der Waals surface area contributed by atoms with Gasteiger partial charge >= 0.3 is 6.18 Å². The van der Waals surface area contributed by atoms with Crippen molar-refractivity contribution in [3.05, 3.63) is 47.3 Å². The number of benzene rings is 1. The van der Waals surface area contributed by atoms with E-state index in [-0.39, 0.29) is 24.6 Å². The fraction of sp³-hybridized carbons (Fsp3) is 0.412. The monoisotopic (exact) mass is 406 g/mol. The first-order valence-electron chi connectivity index (χ1n) is 8.04. The summed E-state index contributed by atoms with van der Waals surface area (Å²) >= 11 is 0. The number of amides is 1. The fourth-order valence-electron chi connectivity index (χ4n) is 2.33. The lowest BCUT2D eigenvalue weighted by Crippen LogP contribution is -2.34. The number of hydrogen-bond donors (Lipinski definition) is 2. The number of nitrogens with one attached hydrogen (secondary N) is 2. The molecule has 1 amide bonds. The van der Waals surface area contributed by atoms with Crippen molar-refractivity contribution >= 4 is 18.3 Å². The lowest BCUT2D eigenvalue weighted by molar-refractivity contribution is -0.143. The minimum atomic E-state index is -4.72. The van der Waals surface area contributed by atoms with Crippen LogP contribution in [-0.4, -0.2) is 49.0 Å². The van der Waals surface area contributed by atoms with Gasteiger partial charge in [0.25, 0.3) is 5.91 Å². The summed E-state index contributed by atoms with van der Waals surface area (Å²) in [6.07, 6.45) is -3.78. The van der Waals surface area contributed by atoms with Gasteiger partial charge in [0.2, 0.25) is 0 Å². The van der Waals surface area contributed by atoms with Crippen LogP contribution in [0.3, 0.4) is 0 Å². The van der Waals surface area contributed by atoms with Gasteiger partial charge in [-0.15, -0.1) is 12.4 Å². The maximum atomic E-state index is 13.5. The van der Waals surface area contributed by atoms with E-state index in [4.69, 9.17) is 4.74 Å². The number of methoxy groups -OCH3 is 1. The first-order valence-corrected chi connectivity index (χ1v) is 8.04. The second-order valence-corrected chi connectivity index (χ2v) is 5.65. The zero-order valence-electron chi connectivity index (χ0n) is 15.0. The number of carbonyl (C=O) groups is 1. The summed E-state index contributed by atoms with van der Waals surface area (Å²) in [5, 5.41) is 9.23. The van der Waals surface area contributed by atoms with Gasteiger partial charge < -0.3 is 15.4 Å². The molecule has 0 saturated heterocycles. The molecule has 0 fully saturated rings. The minimum Gasteiger partial charge on any atom is -0.383 e. The van der Waals surface area contributed by atoms with Gasteiger partial charge in [-0.1, -0.05) is 17.7 Å². The van der Waals surface area contributed by atoms with Gasteiger partial charge in [-0.2, -0.15) is 18.3 Å². The molecule has 150 valence electrons. The lowest BCUT2D eigenvalue weighted by Gasteiger charge is -2.13. The smallest absolute Gasteiger partial charge is 0.383 e. The van der Waals surface area contributed by atoms with Crippen molar-refractivity contribution in [2.45, 2.75) is 13.1 Å². The predicted octanol–water partition coefficient (Wildman–Crippen LogP) is 2.59. The molecule has 10 heteroatoms. The average Bonchev–Trinajstić information content (AvgIpc) is 3.04. The summed E-state index contributed by atoms with van der Waals surface area (Å²) in [6.45, 7) is 3.54. The maximum Gasteiger partial charge on any atom is 0.434 e. The molecule has 1 aromatic carbocycles. The largest absolute Gasteiger partial charge is 0.434 e. The molecule has 27 heavy (non-hydrogen) atoms. The van der Waals surface area contributed by atoms with Gasteiger partial charge in [0.05, 0.1) is 24.1 Å². The number of aryl methyl sites for hydroxylation is 1. The summed E-state index contributed by atoms with van der Waals surface area (Å²) < 4.78 is 46.2. The molecule has 0 radical (unpaired) electrons. The second kappa shape index (κ2) is 10.3. The highest BCUT2D eigenvalue weighted by Crippen LogP contribution is 2.33. The third-order valence-electron chi connectivity index (χ3n) is 3.63. The summed E-state index contributed by atoms with van der Waals surface area (Å²) in [4.78, 5) is 12.2. The van der Waals surface area contributed by atoms with Crippen molar-refractivity contribution in [2.24, 2.45) is 0 Å². The number of alkyl halides is 3. The van der Waals surface area contributed by atoms with Crippen LogP contribution >= 0.6 is 12.4 Å². The molecular formula is C17H22ClF3N4O2. The molecule has 0 saturated carbocycles. The standard InChI is InChI=1S/C17H21F3N4O2.ClH/c1-12-3-5-13(6-4-12)24-15(17(18,19)20)14(11-23-24)16(25)22-8-7-21-9-10-26-2;/h3-6,11,21H,7-10H2,1-2H3,(H,22,25);1H. The van der Waals surface area contributed by atoms with Crippen LogP contribution in [0.5, 0.6) is 0 Å². The zero-order chi connectivity index (χ0) is 19.2. The van der Waals surface area contributed by atoms with Gasteiger partial charge in [-0.3, -0.25) is 4.79 Å². The number of rotatable bonds is 8. The first kappa shape index (κ1) is 22.9. The Bertz CT molecular complexity index is 733. The number of ether oxygens (including phenoxy) is 1. The topological polar surface area (TPSA) is 68.2 Å². The second-order valence-electron chi connectivity index (χ2n) is 5.65. The van der Waals surface area contributed by atoms with Gasteiger partial charge in [-0.25, -0.2) is 4.68 Å². The summed E-state index contributed by atoms with van der Waals surface area (Å²) in [5.74, 6) is -0.816. The molecule has 2 aromatic rings. The van der Waals surface area contributed by atoms with E-state index in [1.165, 1.54) is 12.1 Å². The van der Waals surface area contributed by atoms with Crippen molar-refractivity contribution in [1.29, 1.82) is 0 Å². The highest BCUT2D eigenvalue weighted by Gasteiger charge is 2.40. The molecule has 0 unspecified atom stereocenters. The van der Waals surface area contributed by atoms with Crippen molar-refractivity contribution in [1.82, 2.24) is 20.4 Å². The van der Waals surface area contributed by atoms with E-state index in [1.807, 2.05) is 6.92 Å². The molecule has 0 aliphatic rings. The number of halogens is 4. The molecule has 6 nitrogen and oxygen atoms in total. The van der Waals surface area contributed by atoms with Gasteiger partial charge in [0.1, 0.15) is 0 Å². The van der Waals surface area contributed by atoms with Crippen LogP contribution in [0.1, 0.15) is 21.6 Å².